The fourth-order valence-corrected chi connectivity index (χ4v) is 11.4. The summed E-state index contributed by atoms with van der Waals surface area (Å²) >= 11 is 0. The molecule has 3 heterocycles. The molecule has 23 heteroatoms. The SMILES string of the molecule is CN(C(=O)[C@@H](CC(=O)O)NC(=O)c1cc(-c2ccccc2C(F)(F)F)n(C2CCCC2)n1)C1CCC(C2CC2Cn2nc(C(=O)N[C@@H](CCN3CCCC(F)(F)C3)CC(=O)O)cc2-c2ccccc2C(F)(F)F)CC1. The predicted molar refractivity (Wildman–Crippen MR) is 255 cm³/mol. The van der Waals surface area contributed by atoms with Crippen LogP contribution in [-0.2, 0) is 33.3 Å². The Bertz CT molecular complexity index is 2730. The van der Waals surface area contributed by atoms with Crippen molar-refractivity contribution in [2.24, 2.45) is 17.8 Å². The van der Waals surface area contributed by atoms with Gasteiger partial charge in [-0.15, -0.1) is 0 Å². The standard InChI is InChI=1S/C52H60F8N8O7/c1-65(49(75)42(27-46(71)72)62-48(74)41-26-44(68(64-41)34-9-2-3-10-34)36-12-5-7-14-39(36)52(58,59)60)33-17-15-30(16-18-33)37-23-31(37)28-67-43(35-11-4-6-13-38(35)51(55,56)57)25-40(63-67)47(73)61-32(24-45(69)70)19-22-66-21-8-20-50(53,54)29-66/h4-7,11-14,25-26,30-34,37,42H,2-3,8-10,15-24,27-29H2,1H3,(H,61,73)(H,62,74)(H,69,70)(H,71,72)/t30?,31?,32-,33?,37?,42+/m0/s1. The molecule has 3 saturated carbocycles. The Labute approximate surface area is 427 Å². The number of hydrogen-bond donors (Lipinski definition) is 4. The molecule has 2 aromatic carbocycles. The van der Waals surface area contributed by atoms with Crippen molar-refractivity contribution in [2.75, 3.05) is 26.7 Å². The van der Waals surface area contributed by atoms with Gasteiger partial charge >= 0.3 is 24.3 Å². The molecule has 0 radical (unpaired) electrons. The average molecular weight is 1060 g/mol. The summed E-state index contributed by atoms with van der Waals surface area (Å²) in [6, 6.07) is 9.12. The van der Waals surface area contributed by atoms with Crippen molar-refractivity contribution in [1.82, 2.24) is 40.0 Å². The highest BCUT2D eigenvalue weighted by molar-refractivity contribution is 5.98. The number of hydrogen-bond acceptors (Lipinski definition) is 8. The molecule has 2 unspecified atom stereocenters. The van der Waals surface area contributed by atoms with Crippen molar-refractivity contribution >= 4 is 29.7 Å². The zero-order chi connectivity index (χ0) is 54.0. The highest BCUT2D eigenvalue weighted by Crippen LogP contribution is 2.51. The van der Waals surface area contributed by atoms with Crippen LogP contribution in [0.5, 0.6) is 0 Å². The molecule has 0 bridgehead atoms. The van der Waals surface area contributed by atoms with Crippen LogP contribution in [-0.4, -0.2) is 120 Å². The Morgan fingerprint density at radius 2 is 1.33 bits per heavy atom. The van der Waals surface area contributed by atoms with Gasteiger partial charge in [-0.1, -0.05) is 49.2 Å². The van der Waals surface area contributed by atoms with Crippen molar-refractivity contribution in [1.29, 1.82) is 0 Å². The third-order valence-electron chi connectivity index (χ3n) is 15.3. The molecule has 1 aliphatic heterocycles. The highest BCUT2D eigenvalue weighted by Gasteiger charge is 2.46. The Morgan fingerprint density at radius 1 is 0.760 bits per heavy atom. The number of likely N-dealkylation sites (N-methyl/N-ethyl adjacent to an activating group) is 1. The van der Waals surface area contributed by atoms with Gasteiger partial charge in [-0.3, -0.25) is 38.2 Å². The van der Waals surface area contributed by atoms with E-state index < -0.39 is 90.5 Å². The van der Waals surface area contributed by atoms with E-state index in [4.69, 9.17) is 0 Å². The first-order valence-corrected chi connectivity index (χ1v) is 25.4. The summed E-state index contributed by atoms with van der Waals surface area (Å²) in [5, 5.41) is 33.4. The van der Waals surface area contributed by atoms with Crippen LogP contribution >= 0.6 is 0 Å². The van der Waals surface area contributed by atoms with Gasteiger partial charge in [-0.05, 0) is 106 Å². The number of alkyl halides is 8. The molecule has 15 nitrogen and oxygen atoms in total. The Morgan fingerprint density at radius 3 is 1.93 bits per heavy atom. The summed E-state index contributed by atoms with van der Waals surface area (Å²) in [5.41, 5.74) is -2.69. The number of likely N-dealkylation sites (tertiary alicyclic amines) is 1. The van der Waals surface area contributed by atoms with Crippen LogP contribution < -0.4 is 10.6 Å². The number of halogens is 8. The zero-order valence-electron chi connectivity index (χ0n) is 41.2. The molecule has 406 valence electrons. The van der Waals surface area contributed by atoms with Gasteiger partial charge in [0.25, 0.3) is 17.7 Å². The van der Waals surface area contributed by atoms with E-state index in [-0.39, 0.29) is 96.1 Å². The number of piperidine rings is 1. The monoisotopic (exact) mass is 1060 g/mol. The third-order valence-corrected chi connectivity index (χ3v) is 15.3. The van der Waals surface area contributed by atoms with Crippen molar-refractivity contribution in [3.8, 4) is 22.5 Å². The first-order chi connectivity index (χ1) is 35.5. The maximum Gasteiger partial charge on any atom is 0.417 e. The minimum atomic E-state index is -4.76. The number of carbonyl (C=O) groups excluding carboxylic acids is 3. The van der Waals surface area contributed by atoms with Crippen molar-refractivity contribution in [3.05, 3.63) is 83.2 Å². The van der Waals surface area contributed by atoms with Crippen LogP contribution in [0.1, 0.15) is 128 Å². The Kier molecular flexibility index (Phi) is 16.4. The second-order valence-electron chi connectivity index (χ2n) is 20.6. The molecule has 2 aromatic heterocycles. The Hall–Kier alpha value is -6.39. The van der Waals surface area contributed by atoms with Gasteiger partial charge in [0.1, 0.15) is 6.04 Å². The first kappa shape index (κ1) is 54.9. The largest absolute Gasteiger partial charge is 0.481 e. The number of aromatic nitrogens is 4. The molecule has 4 fully saturated rings. The van der Waals surface area contributed by atoms with E-state index in [9.17, 15) is 69.3 Å². The first-order valence-electron chi connectivity index (χ1n) is 25.4. The van der Waals surface area contributed by atoms with E-state index in [0.29, 0.717) is 51.5 Å². The van der Waals surface area contributed by atoms with Crippen LogP contribution in [0.4, 0.5) is 35.1 Å². The van der Waals surface area contributed by atoms with Crippen LogP contribution in [0.3, 0.4) is 0 Å². The number of benzene rings is 2. The lowest BCUT2D eigenvalue weighted by atomic mass is 9.82. The smallest absolute Gasteiger partial charge is 0.417 e. The number of aliphatic carboxylic acids is 2. The number of nitrogens with one attached hydrogen (secondary N) is 2. The second-order valence-corrected chi connectivity index (χ2v) is 20.6. The van der Waals surface area contributed by atoms with E-state index in [2.05, 4.69) is 20.8 Å². The fourth-order valence-electron chi connectivity index (χ4n) is 11.4. The summed E-state index contributed by atoms with van der Waals surface area (Å²) < 4.78 is 117. The zero-order valence-corrected chi connectivity index (χ0v) is 41.2. The number of carboxylic acid groups (broad SMARTS) is 2. The molecule has 8 rings (SSSR count). The van der Waals surface area contributed by atoms with Gasteiger partial charge < -0.3 is 25.7 Å². The summed E-state index contributed by atoms with van der Waals surface area (Å²) in [6.45, 7) is 0.106. The number of carbonyl (C=O) groups is 5. The highest BCUT2D eigenvalue weighted by atomic mass is 19.4. The third kappa shape index (κ3) is 13.4. The van der Waals surface area contributed by atoms with E-state index >= 15 is 0 Å². The Balaban J connectivity index is 0.923. The summed E-state index contributed by atoms with van der Waals surface area (Å²) in [4.78, 5) is 68.3. The normalized spacial score (nSPS) is 22.0. The molecular formula is C52H60F8N8O7. The van der Waals surface area contributed by atoms with Gasteiger partial charge in [0, 0.05) is 49.8 Å². The topological polar surface area (TPSA) is 192 Å². The van der Waals surface area contributed by atoms with Crippen molar-refractivity contribution < 1.29 is 69.3 Å². The predicted octanol–water partition coefficient (Wildman–Crippen LogP) is 9.19. The van der Waals surface area contributed by atoms with E-state index in [1.54, 1.807) is 0 Å². The number of rotatable bonds is 19. The molecule has 4 atom stereocenters. The lowest BCUT2D eigenvalue weighted by molar-refractivity contribution is -0.143. The molecule has 4 aliphatic rings. The second kappa shape index (κ2) is 22.4. The van der Waals surface area contributed by atoms with Crippen LogP contribution in [0, 0.1) is 17.8 Å². The maximum atomic E-state index is 14.4. The quantitative estimate of drug-likeness (QED) is 0.0659. The maximum absolute atomic E-state index is 14.4. The van der Waals surface area contributed by atoms with Crippen LogP contribution in [0.25, 0.3) is 22.5 Å². The van der Waals surface area contributed by atoms with Crippen molar-refractivity contribution in [2.45, 2.75) is 139 Å². The minimum absolute atomic E-state index is 0.0188. The summed E-state index contributed by atoms with van der Waals surface area (Å²) in [7, 11) is 1.51. The molecule has 4 N–H and O–H groups in total. The molecule has 75 heavy (non-hydrogen) atoms. The van der Waals surface area contributed by atoms with E-state index in [1.807, 2.05) is 0 Å². The summed E-state index contributed by atoms with van der Waals surface area (Å²) in [5.74, 6) is -7.77. The molecule has 3 amide bonds. The van der Waals surface area contributed by atoms with E-state index in [1.165, 1.54) is 74.7 Å². The van der Waals surface area contributed by atoms with Crippen LogP contribution in [0.15, 0.2) is 60.7 Å². The average Bonchev–Trinajstić information content (AvgIpc) is 3.69. The molecule has 3 aliphatic carbocycles. The van der Waals surface area contributed by atoms with E-state index in [0.717, 1.165) is 25.0 Å². The number of carboxylic acids is 2. The summed E-state index contributed by atoms with van der Waals surface area (Å²) in [6.07, 6.45) is -4.91. The van der Waals surface area contributed by atoms with Gasteiger partial charge in [0.05, 0.1) is 47.9 Å². The molecule has 4 aromatic rings. The lowest BCUT2D eigenvalue weighted by Crippen LogP contribution is -2.51. The molecule has 0 spiro atoms. The lowest BCUT2D eigenvalue weighted by Gasteiger charge is -2.36. The van der Waals surface area contributed by atoms with Crippen LogP contribution in [0.2, 0.25) is 0 Å². The van der Waals surface area contributed by atoms with Gasteiger partial charge in [0.15, 0.2) is 11.4 Å². The van der Waals surface area contributed by atoms with Gasteiger partial charge in [-0.25, -0.2) is 8.78 Å². The minimum Gasteiger partial charge on any atom is -0.481 e. The number of nitrogens with zero attached hydrogens (tertiary/aromatic N) is 6. The molecule has 1 saturated heterocycles. The number of amides is 3. The van der Waals surface area contributed by atoms with Gasteiger partial charge in [0.2, 0.25) is 5.91 Å². The molecular weight excluding hydrogens is 1000 g/mol. The van der Waals surface area contributed by atoms with Gasteiger partial charge in [-0.2, -0.15) is 36.5 Å². The fraction of sp³-hybridized carbons (Fsp3) is 0.558. The van der Waals surface area contributed by atoms with Crippen molar-refractivity contribution in [3.63, 3.8) is 0 Å².